The molecule has 0 radical (unpaired) electrons. The maximum atomic E-state index is 13.0. The van der Waals surface area contributed by atoms with Crippen LogP contribution in [0.15, 0.2) is 84.1 Å². The number of para-hydroxylation sites is 1. The highest BCUT2D eigenvalue weighted by atomic mass is 32.2. The third-order valence-corrected chi connectivity index (χ3v) is 6.78. The average Bonchev–Trinajstić information content (AvgIpc) is 3.51. The van der Waals surface area contributed by atoms with Gasteiger partial charge in [0.05, 0.1) is 10.7 Å². The second-order valence-electron chi connectivity index (χ2n) is 8.24. The molecule has 180 valence electrons. The van der Waals surface area contributed by atoms with Crippen LogP contribution in [0.5, 0.6) is 0 Å². The van der Waals surface area contributed by atoms with E-state index >= 15 is 0 Å². The summed E-state index contributed by atoms with van der Waals surface area (Å²) < 4.78 is 1.96. The number of hydrogen-bond acceptors (Lipinski definition) is 6. The molecule has 5 aromatic rings. The number of nitro groups is 1. The number of carbonyl (C=O) groups excluding carboxylic acids is 1. The van der Waals surface area contributed by atoms with Crippen LogP contribution in [-0.4, -0.2) is 43.4 Å². The molecule has 0 saturated heterocycles. The molecule has 0 fully saturated rings. The first-order valence-corrected chi connectivity index (χ1v) is 12.1. The number of nitrogens with zero attached hydrogens (tertiary/aromatic N) is 5. The molecule has 0 aliphatic rings. The van der Waals surface area contributed by atoms with Crippen molar-refractivity contribution < 1.29 is 9.72 Å². The van der Waals surface area contributed by atoms with Gasteiger partial charge in [0.15, 0.2) is 11.0 Å². The summed E-state index contributed by atoms with van der Waals surface area (Å²) in [6, 6.07) is 21.9. The first-order valence-electron chi connectivity index (χ1n) is 11.1. The van der Waals surface area contributed by atoms with E-state index in [9.17, 15) is 14.9 Å². The van der Waals surface area contributed by atoms with Gasteiger partial charge in [-0.3, -0.25) is 19.5 Å². The van der Waals surface area contributed by atoms with Crippen molar-refractivity contribution in [2.75, 3.05) is 17.7 Å². The smallest absolute Gasteiger partial charge is 0.269 e. The van der Waals surface area contributed by atoms with Gasteiger partial charge in [0, 0.05) is 53.2 Å². The van der Waals surface area contributed by atoms with Gasteiger partial charge in [-0.25, -0.2) is 0 Å². The van der Waals surface area contributed by atoms with Crippen LogP contribution in [0.25, 0.3) is 28.0 Å². The van der Waals surface area contributed by atoms with E-state index in [0.29, 0.717) is 16.7 Å². The third-order valence-electron chi connectivity index (χ3n) is 5.87. The SMILES string of the molecule is Cc1cccc(-n2c(SCC(=O)N(C)c3ccc([N+](=O)[O-])cc3)nnc2-c2c[nH]c3ccccc23)c1. The van der Waals surface area contributed by atoms with E-state index in [1.54, 1.807) is 19.2 Å². The molecule has 2 heterocycles. The number of amides is 1. The van der Waals surface area contributed by atoms with Crippen molar-refractivity contribution in [1.82, 2.24) is 19.7 Å². The Morgan fingerprint density at radius 2 is 1.86 bits per heavy atom. The number of H-pyrrole nitrogens is 1. The number of nitro benzene ring substituents is 1. The zero-order valence-corrected chi connectivity index (χ0v) is 20.4. The van der Waals surface area contributed by atoms with Crippen molar-refractivity contribution in [3.05, 3.63) is 94.7 Å². The summed E-state index contributed by atoms with van der Waals surface area (Å²) in [5.41, 5.74) is 4.46. The molecule has 0 aliphatic heterocycles. The molecule has 5 rings (SSSR count). The van der Waals surface area contributed by atoms with Crippen LogP contribution in [0.3, 0.4) is 0 Å². The van der Waals surface area contributed by atoms with Gasteiger partial charge < -0.3 is 9.88 Å². The summed E-state index contributed by atoms with van der Waals surface area (Å²) in [4.78, 5) is 28.2. The Kier molecular flexibility index (Phi) is 6.26. The van der Waals surface area contributed by atoms with E-state index < -0.39 is 4.92 Å². The van der Waals surface area contributed by atoms with Gasteiger partial charge in [0.2, 0.25) is 5.91 Å². The maximum absolute atomic E-state index is 13.0. The number of benzene rings is 3. The Morgan fingerprint density at radius 1 is 1.08 bits per heavy atom. The molecule has 3 aromatic carbocycles. The monoisotopic (exact) mass is 498 g/mol. The lowest BCUT2D eigenvalue weighted by Crippen LogP contribution is -2.28. The Morgan fingerprint density at radius 3 is 2.61 bits per heavy atom. The van der Waals surface area contributed by atoms with Gasteiger partial charge in [-0.1, -0.05) is 42.1 Å². The average molecular weight is 499 g/mol. The number of aryl methyl sites for hydroxylation is 1. The minimum atomic E-state index is -0.467. The summed E-state index contributed by atoms with van der Waals surface area (Å²) >= 11 is 1.29. The molecule has 0 aliphatic carbocycles. The fourth-order valence-electron chi connectivity index (χ4n) is 3.96. The summed E-state index contributed by atoms with van der Waals surface area (Å²) in [5.74, 6) is 0.628. The maximum Gasteiger partial charge on any atom is 0.269 e. The molecule has 0 spiro atoms. The van der Waals surface area contributed by atoms with Crippen molar-refractivity contribution in [1.29, 1.82) is 0 Å². The number of thioether (sulfide) groups is 1. The molecule has 9 nitrogen and oxygen atoms in total. The zero-order chi connectivity index (χ0) is 25.2. The minimum Gasteiger partial charge on any atom is -0.360 e. The molecule has 0 atom stereocenters. The van der Waals surface area contributed by atoms with Crippen LogP contribution in [0.4, 0.5) is 11.4 Å². The van der Waals surface area contributed by atoms with E-state index in [0.717, 1.165) is 27.7 Å². The van der Waals surface area contributed by atoms with E-state index in [-0.39, 0.29) is 17.3 Å². The zero-order valence-electron chi connectivity index (χ0n) is 19.6. The Hall–Kier alpha value is -4.44. The molecule has 0 unspecified atom stereocenters. The second-order valence-corrected chi connectivity index (χ2v) is 9.19. The Balaban J connectivity index is 1.45. The summed E-state index contributed by atoms with van der Waals surface area (Å²) in [5, 5.41) is 21.5. The Bertz CT molecular complexity index is 1570. The molecular weight excluding hydrogens is 476 g/mol. The highest BCUT2D eigenvalue weighted by Gasteiger charge is 2.21. The molecular formula is C26H22N6O3S. The van der Waals surface area contributed by atoms with Gasteiger partial charge in [0.1, 0.15) is 0 Å². The summed E-state index contributed by atoms with van der Waals surface area (Å²) in [7, 11) is 1.65. The molecule has 0 saturated carbocycles. The number of rotatable bonds is 7. The van der Waals surface area contributed by atoms with Crippen molar-refractivity contribution in [2.24, 2.45) is 0 Å². The van der Waals surface area contributed by atoms with Crippen LogP contribution >= 0.6 is 11.8 Å². The van der Waals surface area contributed by atoms with Crippen LogP contribution < -0.4 is 4.90 Å². The van der Waals surface area contributed by atoms with E-state index in [1.807, 2.05) is 60.2 Å². The van der Waals surface area contributed by atoms with E-state index in [1.165, 1.54) is 28.8 Å². The number of fused-ring (bicyclic) bond motifs is 1. The van der Waals surface area contributed by atoms with Crippen molar-refractivity contribution in [2.45, 2.75) is 12.1 Å². The second kappa shape index (κ2) is 9.67. The Labute approximate surface area is 210 Å². The summed E-state index contributed by atoms with van der Waals surface area (Å²) in [6.45, 7) is 2.02. The van der Waals surface area contributed by atoms with Gasteiger partial charge in [-0.2, -0.15) is 0 Å². The van der Waals surface area contributed by atoms with Gasteiger partial charge >= 0.3 is 0 Å². The number of aromatic nitrogens is 4. The standard InChI is InChI=1S/C26H22N6O3S/c1-17-6-5-7-20(14-17)31-25(22-15-27-23-9-4-3-8-21(22)23)28-29-26(31)36-16-24(33)30(2)18-10-12-19(13-11-18)32(34)35/h3-15,27H,16H2,1-2H3. The number of aromatic amines is 1. The highest BCUT2D eigenvalue weighted by molar-refractivity contribution is 7.99. The number of hydrogen-bond donors (Lipinski definition) is 1. The lowest BCUT2D eigenvalue weighted by Gasteiger charge is -2.17. The van der Waals surface area contributed by atoms with Crippen molar-refractivity contribution in [3.8, 4) is 17.1 Å². The lowest BCUT2D eigenvalue weighted by atomic mass is 10.1. The third kappa shape index (κ3) is 4.46. The minimum absolute atomic E-state index is 0.0231. The molecule has 1 amide bonds. The largest absolute Gasteiger partial charge is 0.360 e. The molecule has 2 aromatic heterocycles. The van der Waals surface area contributed by atoms with Crippen LogP contribution in [-0.2, 0) is 4.79 Å². The van der Waals surface area contributed by atoms with Crippen molar-refractivity contribution >= 4 is 39.9 Å². The number of nitrogens with one attached hydrogen (secondary N) is 1. The van der Waals surface area contributed by atoms with Crippen LogP contribution in [0, 0.1) is 17.0 Å². The highest BCUT2D eigenvalue weighted by Crippen LogP contribution is 2.33. The number of non-ortho nitro benzene ring substituents is 1. The predicted molar refractivity (Wildman–Crippen MR) is 141 cm³/mol. The van der Waals surface area contributed by atoms with Gasteiger partial charge in [0.25, 0.3) is 5.69 Å². The lowest BCUT2D eigenvalue weighted by molar-refractivity contribution is -0.384. The van der Waals surface area contributed by atoms with E-state index in [2.05, 4.69) is 21.2 Å². The topological polar surface area (TPSA) is 110 Å². The number of anilines is 1. The molecule has 0 bridgehead atoms. The first-order chi connectivity index (χ1) is 17.4. The summed E-state index contributed by atoms with van der Waals surface area (Å²) in [6.07, 6.45) is 1.92. The van der Waals surface area contributed by atoms with Gasteiger partial charge in [-0.05, 0) is 42.8 Å². The molecule has 1 N–H and O–H groups in total. The molecule has 10 heteroatoms. The quantitative estimate of drug-likeness (QED) is 0.183. The van der Waals surface area contributed by atoms with Gasteiger partial charge in [-0.15, -0.1) is 10.2 Å². The fourth-order valence-corrected chi connectivity index (χ4v) is 4.83. The van der Waals surface area contributed by atoms with Crippen molar-refractivity contribution in [3.63, 3.8) is 0 Å². The fraction of sp³-hybridized carbons (Fsp3) is 0.115. The van der Waals surface area contributed by atoms with E-state index in [4.69, 9.17) is 0 Å². The first kappa shape index (κ1) is 23.3. The molecule has 36 heavy (non-hydrogen) atoms. The number of carbonyl (C=O) groups is 1. The predicted octanol–water partition coefficient (Wildman–Crippen LogP) is 5.39. The van der Waals surface area contributed by atoms with Crippen LogP contribution in [0.2, 0.25) is 0 Å². The normalized spacial score (nSPS) is 11.1. The van der Waals surface area contributed by atoms with Crippen LogP contribution in [0.1, 0.15) is 5.56 Å².